The van der Waals surface area contributed by atoms with Crippen molar-refractivity contribution >= 4 is 11.5 Å². The van der Waals surface area contributed by atoms with Crippen LogP contribution in [0.5, 0.6) is 0 Å². The molecule has 0 amide bonds. The molecule has 2 aromatic heterocycles. The third kappa shape index (κ3) is 3.60. The number of aryl methyl sites for hydroxylation is 3. The molecule has 1 N–H and O–H groups in total. The van der Waals surface area contributed by atoms with Crippen molar-refractivity contribution < 1.29 is 4.74 Å². The fourth-order valence-corrected chi connectivity index (χ4v) is 3.74. The summed E-state index contributed by atoms with van der Waals surface area (Å²) in [5.74, 6) is 1.11. The summed E-state index contributed by atoms with van der Waals surface area (Å²) < 4.78 is 7.53. The van der Waals surface area contributed by atoms with Crippen molar-refractivity contribution in [1.82, 2.24) is 19.6 Å². The van der Waals surface area contributed by atoms with Gasteiger partial charge in [0.2, 0.25) is 0 Å². The molecule has 0 atom stereocenters. The second-order valence-electron chi connectivity index (χ2n) is 7.28. The van der Waals surface area contributed by atoms with Crippen molar-refractivity contribution in [3.63, 3.8) is 0 Å². The van der Waals surface area contributed by atoms with Crippen LogP contribution in [0, 0.1) is 20.8 Å². The lowest BCUT2D eigenvalue weighted by atomic mass is 10.1. The standard InChI is InChI=1S/C20H25N5O2/c1-13-5-4-6-16(11-13)12-27-17-7-9-24(10-8-17)18-14(2)21-20-22-15(3)23-25(20)19(18)26/h4-6,11,17H,7-10,12H2,1-3H3,(H,21,22,23). The molecule has 0 unspecified atom stereocenters. The number of aromatic nitrogens is 4. The Balaban J connectivity index is 1.43. The minimum atomic E-state index is -0.0859. The summed E-state index contributed by atoms with van der Waals surface area (Å²) in [6, 6.07) is 8.41. The highest BCUT2D eigenvalue weighted by Crippen LogP contribution is 2.22. The van der Waals surface area contributed by atoms with E-state index in [0.29, 0.717) is 23.9 Å². The number of nitrogens with zero attached hydrogens (tertiary/aromatic N) is 4. The quantitative estimate of drug-likeness (QED) is 0.767. The molecule has 3 aromatic rings. The lowest BCUT2D eigenvalue weighted by Crippen LogP contribution is -2.41. The molecule has 27 heavy (non-hydrogen) atoms. The number of hydrogen-bond acceptors (Lipinski definition) is 5. The van der Waals surface area contributed by atoms with Gasteiger partial charge in [-0.05, 0) is 39.2 Å². The zero-order valence-electron chi connectivity index (χ0n) is 16.0. The van der Waals surface area contributed by atoms with Crippen LogP contribution in [-0.2, 0) is 11.3 Å². The number of anilines is 1. The van der Waals surface area contributed by atoms with E-state index in [2.05, 4.69) is 51.2 Å². The molecule has 1 saturated heterocycles. The van der Waals surface area contributed by atoms with Crippen molar-refractivity contribution in [2.45, 2.75) is 46.3 Å². The number of rotatable bonds is 4. The van der Waals surface area contributed by atoms with Gasteiger partial charge in [0.15, 0.2) is 0 Å². The Kier molecular flexibility index (Phi) is 4.70. The average Bonchev–Trinajstić information content (AvgIpc) is 3.01. The molecule has 142 valence electrons. The Morgan fingerprint density at radius 1 is 1.19 bits per heavy atom. The maximum atomic E-state index is 12.9. The van der Waals surface area contributed by atoms with Gasteiger partial charge in [-0.1, -0.05) is 29.8 Å². The lowest BCUT2D eigenvalue weighted by Gasteiger charge is -2.33. The highest BCUT2D eigenvalue weighted by atomic mass is 16.5. The molecule has 0 bridgehead atoms. The summed E-state index contributed by atoms with van der Waals surface area (Å²) in [5, 5.41) is 2.96. The highest BCUT2D eigenvalue weighted by molar-refractivity contribution is 5.52. The summed E-state index contributed by atoms with van der Waals surface area (Å²) >= 11 is 0. The summed E-state index contributed by atoms with van der Waals surface area (Å²) in [7, 11) is 0. The molecule has 0 radical (unpaired) electrons. The van der Waals surface area contributed by atoms with Crippen LogP contribution >= 0.6 is 0 Å². The van der Waals surface area contributed by atoms with Crippen LogP contribution in [0.4, 0.5) is 5.69 Å². The first-order valence-electron chi connectivity index (χ1n) is 9.39. The van der Waals surface area contributed by atoms with Crippen LogP contribution in [0.1, 0.15) is 35.5 Å². The molecule has 4 rings (SSSR count). The SMILES string of the molecule is Cc1cccc(COC2CCN(c3c(C)nc4nc(C)[nH]n4c3=O)CC2)c1. The van der Waals surface area contributed by atoms with E-state index < -0.39 is 0 Å². The Labute approximate surface area is 158 Å². The number of piperidine rings is 1. The van der Waals surface area contributed by atoms with Crippen LogP contribution in [0.3, 0.4) is 0 Å². The van der Waals surface area contributed by atoms with Gasteiger partial charge in [-0.25, -0.2) is 4.98 Å². The van der Waals surface area contributed by atoms with E-state index >= 15 is 0 Å². The normalized spacial score (nSPS) is 15.6. The van der Waals surface area contributed by atoms with Gasteiger partial charge in [0.05, 0.1) is 18.4 Å². The predicted octanol–water partition coefficient (Wildman–Crippen LogP) is 2.53. The van der Waals surface area contributed by atoms with Crippen LogP contribution < -0.4 is 10.5 Å². The maximum Gasteiger partial charge on any atom is 0.297 e. The summed E-state index contributed by atoms with van der Waals surface area (Å²) in [5.41, 5.74) is 3.76. The van der Waals surface area contributed by atoms with Crippen molar-refractivity contribution in [3.8, 4) is 0 Å². The van der Waals surface area contributed by atoms with Crippen LogP contribution in [0.25, 0.3) is 5.78 Å². The fourth-order valence-electron chi connectivity index (χ4n) is 3.74. The molecule has 7 heteroatoms. The lowest BCUT2D eigenvalue weighted by molar-refractivity contribution is 0.0250. The second kappa shape index (κ2) is 7.15. The van der Waals surface area contributed by atoms with E-state index in [9.17, 15) is 4.79 Å². The summed E-state index contributed by atoms with van der Waals surface area (Å²) in [4.78, 5) is 23.7. The molecule has 1 aliphatic heterocycles. The topological polar surface area (TPSA) is 75.5 Å². The van der Waals surface area contributed by atoms with Crippen molar-refractivity contribution in [2.75, 3.05) is 18.0 Å². The summed E-state index contributed by atoms with van der Waals surface area (Å²) in [6.45, 7) is 8.00. The van der Waals surface area contributed by atoms with Gasteiger partial charge in [-0.15, -0.1) is 0 Å². The number of nitrogens with one attached hydrogen (secondary N) is 1. The van der Waals surface area contributed by atoms with E-state index in [-0.39, 0.29) is 11.7 Å². The Hall–Kier alpha value is -2.67. The number of H-pyrrole nitrogens is 1. The third-order valence-corrected chi connectivity index (χ3v) is 5.08. The van der Waals surface area contributed by atoms with Crippen LogP contribution in [0.15, 0.2) is 29.1 Å². The Morgan fingerprint density at radius 2 is 1.96 bits per heavy atom. The first-order valence-corrected chi connectivity index (χ1v) is 9.39. The minimum Gasteiger partial charge on any atom is -0.373 e. The molecular weight excluding hydrogens is 342 g/mol. The molecule has 1 aliphatic rings. The molecule has 3 heterocycles. The molecule has 0 aliphatic carbocycles. The molecule has 0 spiro atoms. The number of ether oxygens (including phenoxy) is 1. The van der Waals surface area contributed by atoms with Gasteiger partial charge in [0.1, 0.15) is 11.5 Å². The molecule has 1 aromatic carbocycles. The minimum absolute atomic E-state index is 0.0859. The van der Waals surface area contributed by atoms with E-state index in [0.717, 1.165) is 31.6 Å². The monoisotopic (exact) mass is 367 g/mol. The Bertz CT molecular complexity index is 1010. The van der Waals surface area contributed by atoms with Crippen molar-refractivity contribution in [3.05, 3.63) is 57.3 Å². The second-order valence-corrected chi connectivity index (χ2v) is 7.28. The predicted molar refractivity (Wildman–Crippen MR) is 104 cm³/mol. The average molecular weight is 367 g/mol. The number of aromatic amines is 1. The third-order valence-electron chi connectivity index (χ3n) is 5.08. The zero-order chi connectivity index (χ0) is 19.0. The van der Waals surface area contributed by atoms with Crippen LogP contribution in [-0.4, -0.2) is 38.8 Å². The van der Waals surface area contributed by atoms with Gasteiger partial charge in [0, 0.05) is 13.1 Å². The zero-order valence-corrected chi connectivity index (χ0v) is 16.0. The van der Waals surface area contributed by atoms with Gasteiger partial charge >= 0.3 is 0 Å². The van der Waals surface area contributed by atoms with E-state index in [1.54, 1.807) is 0 Å². The molecular formula is C20H25N5O2. The van der Waals surface area contributed by atoms with Gasteiger partial charge < -0.3 is 9.64 Å². The summed E-state index contributed by atoms with van der Waals surface area (Å²) in [6.07, 6.45) is 2.01. The van der Waals surface area contributed by atoms with Gasteiger partial charge in [-0.3, -0.25) is 9.89 Å². The largest absolute Gasteiger partial charge is 0.373 e. The van der Waals surface area contributed by atoms with E-state index in [4.69, 9.17) is 4.74 Å². The fraction of sp³-hybridized carbons (Fsp3) is 0.450. The highest BCUT2D eigenvalue weighted by Gasteiger charge is 2.24. The smallest absolute Gasteiger partial charge is 0.297 e. The number of benzene rings is 1. The number of fused-ring (bicyclic) bond motifs is 1. The van der Waals surface area contributed by atoms with Crippen molar-refractivity contribution in [1.29, 1.82) is 0 Å². The van der Waals surface area contributed by atoms with Gasteiger partial charge in [0.25, 0.3) is 11.3 Å². The molecule has 7 nitrogen and oxygen atoms in total. The first-order chi connectivity index (χ1) is 13.0. The van der Waals surface area contributed by atoms with E-state index in [1.165, 1.54) is 15.6 Å². The Morgan fingerprint density at radius 3 is 2.70 bits per heavy atom. The van der Waals surface area contributed by atoms with Crippen LogP contribution in [0.2, 0.25) is 0 Å². The van der Waals surface area contributed by atoms with Crippen molar-refractivity contribution in [2.24, 2.45) is 0 Å². The molecule has 1 fully saturated rings. The van der Waals surface area contributed by atoms with Gasteiger partial charge in [-0.2, -0.15) is 9.50 Å². The van der Waals surface area contributed by atoms with E-state index in [1.807, 2.05) is 13.8 Å². The first kappa shape index (κ1) is 17.7. The molecule has 0 saturated carbocycles. The number of hydrogen-bond donors (Lipinski definition) is 1. The maximum absolute atomic E-state index is 12.9.